The molecule has 0 radical (unpaired) electrons. The molecule has 0 unspecified atom stereocenters. The van der Waals surface area contributed by atoms with Gasteiger partial charge in [0.2, 0.25) is 0 Å². The van der Waals surface area contributed by atoms with Crippen molar-refractivity contribution in [2.75, 3.05) is 32.8 Å². The van der Waals surface area contributed by atoms with Gasteiger partial charge >= 0.3 is 0 Å². The fourth-order valence-electron chi connectivity index (χ4n) is 2.52. The molecule has 8 heteroatoms. The summed E-state index contributed by atoms with van der Waals surface area (Å²) in [7, 11) is 0. The molecule has 2 aromatic rings. The van der Waals surface area contributed by atoms with E-state index in [0.717, 1.165) is 28.7 Å². The van der Waals surface area contributed by atoms with Crippen molar-refractivity contribution < 1.29 is 14.6 Å². The molecule has 0 aromatic heterocycles. The second-order valence-electron chi connectivity index (χ2n) is 6.03. The number of rotatable bonds is 12. The molecule has 0 spiro atoms. The molecule has 28 heavy (non-hydrogen) atoms. The van der Waals surface area contributed by atoms with Crippen LogP contribution in [0.15, 0.2) is 34.8 Å². The molecule has 154 valence electrons. The van der Waals surface area contributed by atoms with Crippen molar-refractivity contribution in [2.45, 2.75) is 20.1 Å². The van der Waals surface area contributed by atoms with E-state index in [0.29, 0.717) is 47.8 Å². The van der Waals surface area contributed by atoms with Gasteiger partial charge in [-0.15, -0.1) is 0 Å². The molecule has 0 aliphatic carbocycles. The molecule has 0 aliphatic rings. The van der Waals surface area contributed by atoms with Crippen LogP contribution in [0, 0.1) is 0 Å². The lowest BCUT2D eigenvalue weighted by atomic mass is 10.2. The number of hydrogen-bond acceptors (Lipinski definition) is 5. The Hall–Kier alpha value is -1.02. The van der Waals surface area contributed by atoms with E-state index in [1.54, 1.807) is 12.1 Å². The topological polar surface area (TPSA) is 62.8 Å². The van der Waals surface area contributed by atoms with Crippen molar-refractivity contribution in [3.8, 4) is 11.5 Å². The van der Waals surface area contributed by atoms with E-state index in [9.17, 15) is 0 Å². The van der Waals surface area contributed by atoms with E-state index in [1.807, 2.05) is 25.1 Å². The van der Waals surface area contributed by atoms with Crippen LogP contribution in [0.4, 0.5) is 0 Å². The van der Waals surface area contributed by atoms with Crippen LogP contribution in [0.3, 0.4) is 0 Å². The third-order valence-corrected chi connectivity index (χ3v) is 5.16. The maximum Gasteiger partial charge on any atom is 0.175 e. The first kappa shape index (κ1) is 23.3. The van der Waals surface area contributed by atoms with Crippen LogP contribution in [0.2, 0.25) is 10.0 Å². The van der Waals surface area contributed by atoms with Gasteiger partial charge in [-0.05, 0) is 58.2 Å². The SMILES string of the molecule is CCOc1cc(CNCCNCCO)cc(Br)c1OCc1ccc(Cl)c(Cl)c1. The number of hydrogen-bond donors (Lipinski definition) is 3. The quantitative estimate of drug-likeness (QED) is 0.384. The minimum Gasteiger partial charge on any atom is -0.490 e. The van der Waals surface area contributed by atoms with Crippen molar-refractivity contribution in [2.24, 2.45) is 0 Å². The summed E-state index contributed by atoms with van der Waals surface area (Å²) in [6.45, 7) is 5.88. The average Bonchev–Trinajstić information content (AvgIpc) is 2.67. The van der Waals surface area contributed by atoms with E-state index >= 15 is 0 Å². The number of aliphatic hydroxyl groups is 1. The van der Waals surface area contributed by atoms with Gasteiger partial charge in [0.15, 0.2) is 11.5 Å². The van der Waals surface area contributed by atoms with Gasteiger partial charge in [-0.1, -0.05) is 29.3 Å². The fourth-order valence-corrected chi connectivity index (χ4v) is 3.45. The molecule has 0 bridgehead atoms. The zero-order valence-electron chi connectivity index (χ0n) is 15.7. The number of halogens is 3. The second kappa shape index (κ2) is 12.5. The van der Waals surface area contributed by atoms with E-state index < -0.39 is 0 Å². The van der Waals surface area contributed by atoms with Gasteiger partial charge in [0.1, 0.15) is 6.61 Å². The Morgan fingerprint density at radius 3 is 2.46 bits per heavy atom. The molecule has 0 saturated heterocycles. The molecule has 2 rings (SSSR count). The summed E-state index contributed by atoms with van der Waals surface area (Å²) in [6, 6.07) is 9.42. The third-order valence-electron chi connectivity index (χ3n) is 3.83. The van der Waals surface area contributed by atoms with Crippen LogP contribution in [0.1, 0.15) is 18.1 Å². The molecule has 3 N–H and O–H groups in total. The summed E-state index contributed by atoms with van der Waals surface area (Å²) in [5, 5.41) is 16.3. The third kappa shape index (κ3) is 7.43. The largest absolute Gasteiger partial charge is 0.490 e. The standard InChI is InChI=1S/C20H25BrCl2N2O3/c1-2-27-19-11-15(12-25-6-5-24-7-8-26)9-16(21)20(19)28-13-14-3-4-17(22)18(23)10-14/h3-4,9-11,24-26H,2,5-8,12-13H2,1H3. The highest BCUT2D eigenvalue weighted by Gasteiger charge is 2.13. The molecule has 0 fully saturated rings. The Morgan fingerprint density at radius 1 is 0.964 bits per heavy atom. The van der Waals surface area contributed by atoms with Crippen molar-refractivity contribution in [1.29, 1.82) is 0 Å². The minimum atomic E-state index is 0.147. The van der Waals surface area contributed by atoms with Gasteiger partial charge in [-0.2, -0.15) is 0 Å². The molecule has 0 aliphatic heterocycles. The molecule has 0 heterocycles. The maximum absolute atomic E-state index is 8.75. The second-order valence-corrected chi connectivity index (χ2v) is 7.69. The summed E-state index contributed by atoms with van der Waals surface area (Å²) < 4.78 is 12.6. The summed E-state index contributed by atoms with van der Waals surface area (Å²) in [4.78, 5) is 0. The van der Waals surface area contributed by atoms with E-state index in [-0.39, 0.29) is 6.61 Å². The zero-order chi connectivity index (χ0) is 20.4. The van der Waals surface area contributed by atoms with Crippen molar-refractivity contribution in [3.05, 3.63) is 56.0 Å². The van der Waals surface area contributed by atoms with E-state index in [2.05, 4.69) is 26.6 Å². The van der Waals surface area contributed by atoms with Crippen molar-refractivity contribution in [1.82, 2.24) is 10.6 Å². The normalized spacial score (nSPS) is 10.9. The molecule has 2 aromatic carbocycles. The van der Waals surface area contributed by atoms with E-state index in [4.69, 9.17) is 37.8 Å². The summed E-state index contributed by atoms with van der Waals surface area (Å²) in [5.41, 5.74) is 2.00. The molecule has 0 atom stereocenters. The summed E-state index contributed by atoms with van der Waals surface area (Å²) in [5.74, 6) is 1.34. The van der Waals surface area contributed by atoms with Crippen molar-refractivity contribution in [3.63, 3.8) is 0 Å². The Kier molecular flexibility index (Phi) is 10.4. The smallest absolute Gasteiger partial charge is 0.175 e. The van der Waals surface area contributed by atoms with E-state index in [1.165, 1.54) is 0 Å². The minimum absolute atomic E-state index is 0.147. The first-order valence-electron chi connectivity index (χ1n) is 9.09. The molecule has 0 amide bonds. The predicted molar refractivity (Wildman–Crippen MR) is 118 cm³/mol. The summed E-state index contributed by atoms with van der Waals surface area (Å²) >= 11 is 15.6. The molecule has 5 nitrogen and oxygen atoms in total. The first-order chi connectivity index (χ1) is 13.5. The van der Waals surface area contributed by atoms with Gasteiger partial charge in [0.05, 0.1) is 27.7 Å². The first-order valence-corrected chi connectivity index (χ1v) is 10.6. The Bertz CT molecular complexity index is 762. The van der Waals surface area contributed by atoms with Crippen LogP contribution in [-0.2, 0) is 13.2 Å². The zero-order valence-corrected chi connectivity index (χ0v) is 18.8. The number of benzene rings is 2. The number of aliphatic hydroxyl groups excluding tert-OH is 1. The Labute approximate surface area is 184 Å². The van der Waals surface area contributed by atoms with Crippen molar-refractivity contribution >= 4 is 39.1 Å². The maximum atomic E-state index is 8.75. The van der Waals surface area contributed by atoms with Gasteiger partial charge in [0, 0.05) is 26.2 Å². The molecular weight excluding hydrogens is 467 g/mol. The summed E-state index contributed by atoms with van der Waals surface area (Å²) in [6.07, 6.45) is 0. The van der Waals surface area contributed by atoms with Crippen LogP contribution in [-0.4, -0.2) is 38.0 Å². The number of ether oxygens (including phenoxy) is 2. The lowest BCUT2D eigenvalue weighted by Crippen LogP contribution is -2.28. The lowest BCUT2D eigenvalue weighted by molar-refractivity contribution is 0.267. The van der Waals surface area contributed by atoms with Gasteiger partial charge < -0.3 is 25.2 Å². The van der Waals surface area contributed by atoms with Gasteiger partial charge in [-0.25, -0.2) is 0 Å². The predicted octanol–water partition coefficient (Wildman–Crippen LogP) is 4.41. The van der Waals surface area contributed by atoms with Gasteiger partial charge in [0.25, 0.3) is 0 Å². The monoisotopic (exact) mass is 490 g/mol. The van der Waals surface area contributed by atoms with Crippen LogP contribution in [0.5, 0.6) is 11.5 Å². The van der Waals surface area contributed by atoms with Crippen LogP contribution in [0.25, 0.3) is 0 Å². The van der Waals surface area contributed by atoms with Crippen LogP contribution < -0.4 is 20.1 Å². The fraction of sp³-hybridized carbons (Fsp3) is 0.400. The Balaban J connectivity index is 2.01. The highest BCUT2D eigenvalue weighted by atomic mass is 79.9. The number of nitrogens with one attached hydrogen (secondary N) is 2. The highest BCUT2D eigenvalue weighted by Crippen LogP contribution is 2.37. The van der Waals surface area contributed by atoms with Gasteiger partial charge in [-0.3, -0.25) is 0 Å². The molecular formula is C20H25BrCl2N2O3. The molecule has 0 saturated carbocycles. The van der Waals surface area contributed by atoms with Crippen LogP contribution >= 0.6 is 39.1 Å². The lowest BCUT2D eigenvalue weighted by Gasteiger charge is -2.16. The highest BCUT2D eigenvalue weighted by molar-refractivity contribution is 9.10. The average molecular weight is 492 g/mol. The Morgan fingerprint density at radius 2 is 1.75 bits per heavy atom.